The summed E-state index contributed by atoms with van der Waals surface area (Å²) in [5.41, 5.74) is 2.60. The lowest BCUT2D eigenvalue weighted by molar-refractivity contribution is 0.0851. The van der Waals surface area contributed by atoms with Crippen molar-refractivity contribution >= 4 is 23.7 Å². The summed E-state index contributed by atoms with van der Waals surface area (Å²) >= 11 is 5.76. The topological polar surface area (TPSA) is 64.9 Å². The second-order valence-electron chi connectivity index (χ2n) is 3.37. The molecular formula is C11H10ClN3O2. The summed E-state index contributed by atoms with van der Waals surface area (Å²) in [4.78, 5) is 11.8. The van der Waals surface area contributed by atoms with Gasteiger partial charge >= 0.3 is 0 Å². The molecule has 0 spiro atoms. The highest BCUT2D eigenvalue weighted by molar-refractivity contribution is 6.31. The number of rotatable bonds is 2. The van der Waals surface area contributed by atoms with Crippen molar-refractivity contribution in [3.63, 3.8) is 0 Å². The van der Waals surface area contributed by atoms with Crippen molar-refractivity contribution in [1.82, 2.24) is 10.5 Å². The minimum Gasteiger partial charge on any atom is -0.507 e. The van der Waals surface area contributed by atoms with E-state index in [0.717, 1.165) is 6.42 Å². The number of aromatic hydroxyl groups is 1. The summed E-state index contributed by atoms with van der Waals surface area (Å²) in [5, 5.41) is 15.1. The van der Waals surface area contributed by atoms with E-state index >= 15 is 0 Å². The molecule has 1 amide bonds. The smallest absolute Gasteiger partial charge is 0.275 e. The fourth-order valence-electron chi connectivity index (χ4n) is 1.32. The maximum Gasteiger partial charge on any atom is 0.275 e. The Morgan fingerprint density at radius 3 is 3.06 bits per heavy atom. The van der Waals surface area contributed by atoms with E-state index in [9.17, 15) is 9.90 Å². The van der Waals surface area contributed by atoms with Crippen molar-refractivity contribution in [1.29, 1.82) is 0 Å². The summed E-state index contributed by atoms with van der Waals surface area (Å²) in [7, 11) is 0. The van der Waals surface area contributed by atoms with E-state index in [1.807, 2.05) is 6.08 Å². The number of hydrazine groups is 1. The third kappa shape index (κ3) is 2.76. The third-order valence-electron chi connectivity index (χ3n) is 2.11. The highest BCUT2D eigenvalue weighted by atomic mass is 35.5. The Labute approximate surface area is 103 Å². The number of allylic oxidation sites excluding steroid dienone is 1. The van der Waals surface area contributed by atoms with Gasteiger partial charge in [0.05, 0.1) is 5.56 Å². The first-order chi connectivity index (χ1) is 8.16. The van der Waals surface area contributed by atoms with Crippen LogP contribution in [0.25, 0.3) is 0 Å². The average Bonchev–Trinajstić information content (AvgIpc) is 2.33. The first-order valence-corrected chi connectivity index (χ1v) is 5.32. The Morgan fingerprint density at radius 2 is 2.35 bits per heavy atom. The van der Waals surface area contributed by atoms with E-state index in [1.54, 1.807) is 12.4 Å². The molecule has 6 heteroatoms. The second kappa shape index (κ2) is 4.88. The van der Waals surface area contributed by atoms with Crippen molar-refractivity contribution < 1.29 is 9.90 Å². The quantitative estimate of drug-likeness (QED) is 0.844. The van der Waals surface area contributed by atoms with Crippen LogP contribution in [0.5, 0.6) is 5.75 Å². The number of carbonyl (C=O) groups is 1. The molecule has 0 bridgehead atoms. The van der Waals surface area contributed by atoms with Crippen LogP contribution >= 0.6 is 11.6 Å². The predicted octanol–water partition coefficient (Wildman–Crippen LogP) is 1.90. The van der Waals surface area contributed by atoms with Crippen molar-refractivity contribution in [2.45, 2.75) is 6.42 Å². The number of hydrogen-bond acceptors (Lipinski definition) is 4. The average molecular weight is 252 g/mol. The van der Waals surface area contributed by atoms with E-state index < -0.39 is 5.91 Å². The van der Waals surface area contributed by atoms with Crippen LogP contribution in [-0.2, 0) is 0 Å². The Morgan fingerprint density at radius 1 is 1.53 bits per heavy atom. The summed E-state index contributed by atoms with van der Waals surface area (Å²) in [5.74, 6) is -0.606. The molecule has 0 unspecified atom stereocenters. The molecule has 0 atom stereocenters. The molecule has 0 aromatic heterocycles. The zero-order chi connectivity index (χ0) is 12.3. The number of phenols is 1. The van der Waals surface area contributed by atoms with Gasteiger partial charge in [0, 0.05) is 23.9 Å². The number of hydrazone groups is 1. The molecule has 1 aromatic carbocycles. The fourth-order valence-corrected chi connectivity index (χ4v) is 1.49. The number of nitrogens with zero attached hydrogens (tertiary/aromatic N) is 2. The van der Waals surface area contributed by atoms with Gasteiger partial charge in [-0.3, -0.25) is 4.79 Å². The first-order valence-electron chi connectivity index (χ1n) is 4.94. The van der Waals surface area contributed by atoms with E-state index in [-0.39, 0.29) is 11.3 Å². The van der Waals surface area contributed by atoms with E-state index in [1.165, 1.54) is 23.3 Å². The molecule has 1 aliphatic rings. The number of carbonyl (C=O) groups excluding carboxylic acids is 1. The Bertz CT molecular complexity index is 487. The fraction of sp³-hybridized carbons (Fsp3) is 0.0909. The molecule has 0 fully saturated rings. The van der Waals surface area contributed by atoms with Crippen LogP contribution in [0.2, 0.25) is 5.02 Å². The van der Waals surface area contributed by atoms with Gasteiger partial charge in [0.1, 0.15) is 5.75 Å². The van der Waals surface area contributed by atoms with E-state index in [2.05, 4.69) is 10.5 Å². The number of amides is 1. The van der Waals surface area contributed by atoms with Crippen molar-refractivity contribution in [2.24, 2.45) is 5.10 Å². The van der Waals surface area contributed by atoms with Gasteiger partial charge in [0.25, 0.3) is 5.91 Å². The van der Waals surface area contributed by atoms with Gasteiger partial charge in [-0.05, 0) is 18.2 Å². The van der Waals surface area contributed by atoms with Gasteiger partial charge in [0.15, 0.2) is 0 Å². The minimum absolute atomic E-state index is 0.103. The normalized spacial score (nSPS) is 13.8. The van der Waals surface area contributed by atoms with Gasteiger partial charge in [-0.1, -0.05) is 17.7 Å². The van der Waals surface area contributed by atoms with Gasteiger partial charge in [-0.25, -0.2) is 5.43 Å². The lowest BCUT2D eigenvalue weighted by Gasteiger charge is -2.17. The number of benzene rings is 1. The number of hydrogen-bond donors (Lipinski definition) is 2. The molecule has 1 heterocycles. The van der Waals surface area contributed by atoms with Gasteiger partial charge in [-0.2, -0.15) is 10.2 Å². The summed E-state index contributed by atoms with van der Waals surface area (Å²) in [6.07, 6.45) is 5.84. The lowest BCUT2D eigenvalue weighted by atomic mass is 10.2. The number of nitrogens with one attached hydrogen (secondary N) is 1. The zero-order valence-electron chi connectivity index (χ0n) is 8.80. The van der Waals surface area contributed by atoms with Crippen LogP contribution in [0.4, 0.5) is 0 Å². The molecule has 1 aliphatic heterocycles. The molecule has 0 saturated carbocycles. The van der Waals surface area contributed by atoms with Gasteiger partial charge < -0.3 is 5.11 Å². The molecule has 88 valence electrons. The van der Waals surface area contributed by atoms with Crippen LogP contribution in [0.3, 0.4) is 0 Å². The van der Waals surface area contributed by atoms with Crippen LogP contribution in [0.15, 0.2) is 35.6 Å². The maximum atomic E-state index is 11.8. The van der Waals surface area contributed by atoms with E-state index in [0.29, 0.717) is 5.02 Å². The molecule has 2 N–H and O–H groups in total. The second-order valence-corrected chi connectivity index (χ2v) is 3.80. The standard InChI is InChI=1S/C11H10ClN3O2/c12-8-3-4-10(16)9(7-8)11(17)14-15-6-2-1-5-13-15/h2-7,16H,1H2,(H,14,17). The van der Waals surface area contributed by atoms with E-state index in [4.69, 9.17) is 11.6 Å². The van der Waals surface area contributed by atoms with Crippen LogP contribution in [0.1, 0.15) is 16.8 Å². The predicted molar refractivity (Wildman–Crippen MR) is 64.7 cm³/mol. The zero-order valence-corrected chi connectivity index (χ0v) is 9.55. The van der Waals surface area contributed by atoms with Crippen LogP contribution in [-0.4, -0.2) is 22.3 Å². The lowest BCUT2D eigenvalue weighted by Crippen LogP contribution is -2.35. The van der Waals surface area contributed by atoms with Crippen LogP contribution in [0, 0.1) is 0 Å². The monoisotopic (exact) mass is 251 g/mol. The summed E-state index contributed by atoms with van der Waals surface area (Å²) in [6.45, 7) is 0. The SMILES string of the molecule is O=C(NN1C=CCC=N1)c1cc(Cl)ccc1O. The number of phenolic OH excluding ortho intramolecular Hbond substituents is 1. The van der Waals surface area contributed by atoms with Crippen molar-refractivity contribution in [3.05, 3.63) is 41.1 Å². The highest BCUT2D eigenvalue weighted by Gasteiger charge is 2.13. The molecule has 1 aromatic rings. The molecule has 2 rings (SSSR count). The third-order valence-corrected chi connectivity index (χ3v) is 2.35. The molecule has 0 radical (unpaired) electrons. The van der Waals surface area contributed by atoms with Gasteiger partial charge in [0.2, 0.25) is 0 Å². The first kappa shape index (κ1) is 11.5. The summed E-state index contributed by atoms with van der Waals surface area (Å²) in [6, 6.07) is 4.27. The minimum atomic E-state index is -0.478. The molecule has 5 nitrogen and oxygen atoms in total. The maximum absolute atomic E-state index is 11.8. The molecule has 0 saturated heterocycles. The largest absolute Gasteiger partial charge is 0.507 e. The molecule has 17 heavy (non-hydrogen) atoms. The van der Waals surface area contributed by atoms with Crippen molar-refractivity contribution in [2.75, 3.05) is 0 Å². The Kier molecular flexibility index (Phi) is 3.30. The van der Waals surface area contributed by atoms with Crippen molar-refractivity contribution in [3.8, 4) is 5.75 Å². The molecule has 0 aliphatic carbocycles. The highest BCUT2D eigenvalue weighted by Crippen LogP contribution is 2.21. The van der Waals surface area contributed by atoms with Gasteiger partial charge in [-0.15, -0.1) is 0 Å². The Hall–Kier alpha value is -2.01. The number of halogens is 1. The summed E-state index contributed by atoms with van der Waals surface area (Å²) < 4.78 is 0. The van der Waals surface area contributed by atoms with Crippen LogP contribution < -0.4 is 5.43 Å². The molecular weight excluding hydrogens is 242 g/mol. The Balaban J connectivity index is 2.14.